The van der Waals surface area contributed by atoms with Crippen molar-refractivity contribution in [1.29, 1.82) is 0 Å². The van der Waals surface area contributed by atoms with Crippen molar-refractivity contribution in [3.63, 3.8) is 0 Å². The number of aromatic amines is 1. The topological polar surface area (TPSA) is 79.7 Å². The summed E-state index contributed by atoms with van der Waals surface area (Å²) in [7, 11) is 1.62. The van der Waals surface area contributed by atoms with E-state index in [0.29, 0.717) is 30.7 Å². The maximum atomic E-state index is 12.8. The smallest absolute Gasteiger partial charge is 0.277 e. The Morgan fingerprint density at radius 2 is 2.04 bits per heavy atom. The van der Waals surface area contributed by atoms with Crippen molar-refractivity contribution >= 4 is 11.6 Å². The summed E-state index contributed by atoms with van der Waals surface area (Å²) in [5, 5.41) is 3.11. The molecule has 1 amide bonds. The molecule has 0 atom stereocenters. The number of amides is 1. The Morgan fingerprint density at radius 1 is 1.28 bits per heavy atom. The van der Waals surface area contributed by atoms with Crippen molar-refractivity contribution in [2.45, 2.75) is 19.9 Å². The average molecular weight is 338 g/mol. The van der Waals surface area contributed by atoms with Crippen LogP contribution in [0.25, 0.3) is 16.9 Å². The van der Waals surface area contributed by atoms with Gasteiger partial charge in [0, 0.05) is 26.0 Å². The average Bonchev–Trinajstić information content (AvgIpc) is 3.06. The summed E-state index contributed by atoms with van der Waals surface area (Å²) in [5.41, 5.74) is 3.55. The van der Waals surface area contributed by atoms with E-state index in [1.54, 1.807) is 12.0 Å². The van der Waals surface area contributed by atoms with E-state index in [1.807, 2.05) is 30.3 Å². The van der Waals surface area contributed by atoms with E-state index in [4.69, 9.17) is 4.74 Å². The Morgan fingerprint density at radius 3 is 2.72 bits per heavy atom. The van der Waals surface area contributed by atoms with E-state index < -0.39 is 0 Å². The second kappa shape index (κ2) is 5.77. The lowest BCUT2D eigenvalue weighted by atomic mass is 10.1. The van der Waals surface area contributed by atoms with E-state index >= 15 is 0 Å². The third-order valence-corrected chi connectivity index (χ3v) is 4.61. The first-order valence-electron chi connectivity index (χ1n) is 8.10. The molecular formula is C18H18N4O3. The maximum absolute atomic E-state index is 12.8. The fraction of sp³-hybridized carbons (Fsp3) is 0.278. The van der Waals surface area contributed by atoms with Gasteiger partial charge in [0.15, 0.2) is 5.65 Å². The number of carbonyl (C=O) groups excluding carboxylic acids is 1. The molecule has 128 valence electrons. The highest BCUT2D eigenvalue weighted by Crippen LogP contribution is 2.22. The number of benzene rings is 1. The standard InChI is InChI=1S/C18H18N4O3/c1-11(23)21-8-7-15-14(10-21)18(24)22-17(19-15)9-16(20-22)12-3-5-13(25-2)6-4-12/h3-6,9,20H,7-8,10H2,1-2H3. The van der Waals surface area contributed by atoms with Crippen molar-refractivity contribution < 1.29 is 9.53 Å². The third kappa shape index (κ3) is 2.57. The van der Waals surface area contributed by atoms with Gasteiger partial charge in [0.05, 0.1) is 30.6 Å². The third-order valence-electron chi connectivity index (χ3n) is 4.61. The highest BCUT2D eigenvalue weighted by Gasteiger charge is 2.23. The Kier molecular flexibility index (Phi) is 3.56. The first kappa shape index (κ1) is 15.4. The largest absolute Gasteiger partial charge is 0.497 e. The molecule has 1 aliphatic heterocycles. The van der Waals surface area contributed by atoms with E-state index in [2.05, 4.69) is 10.1 Å². The molecule has 25 heavy (non-hydrogen) atoms. The normalized spacial score (nSPS) is 13.8. The van der Waals surface area contributed by atoms with E-state index in [1.165, 1.54) is 11.4 Å². The molecule has 2 aromatic heterocycles. The Labute approximate surface area is 143 Å². The molecule has 1 N–H and O–H groups in total. The molecule has 0 radical (unpaired) electrons. The Balaban J connectivity index is 1.80. The van der Waals surface area contributed by atoms with Crippen LogP contribution in [-0.4, -0.2) is 39.1 Å². The van der Waals surface area contributed by atoms with Gasteiger partial charge in [-0.2, -0.15) is 0 Å². The van der Waals surface area contributed by atoms with Gasteiger partial charge in [-0.05, 0) is 29.8 Å². The lowest BCUT2D eigenvalue weighted by Crippen LogP contribution is -2.39. The van der Waals surface area contributed by atoms with Gasteiger partial charge < -0.3 is 9.64 Å². The lowest BCUT2D eigenvalue weighted by Gasteiger charge is -2.26. The van der Waals surface area contributed by atoms with Crippen LogP contribution in [0.5, 0.6) is 5.75 Å². The monoisotopic (exact) mass is 338 g/mol. The molecule has 0 spiro atoms. The van der Waals surface area contributed by atoms with Crippen molar-refractivity contribution in [2.24, 2.45) is 0 Å². The van der Waals surface area contributed by atoms with Crippen molar-refractivity contribution in [2.75, 3.05) is 13.7 Å². The molecule has 7 heteroatoms. The SMILES string of the molecule is COc1ccc(-c2cc3nc4c(c(=O)n3[nH]2)CN(C(C)=O)CC4)cc1. The van der Waals surface area contributed by atoms with Gasteiger partial charge >= 0.3 is 0 Å². The molecule has 0 saturated heterocycles. The van der Waals surface area contributed by atoms with Crippen LogP contribution in [0.15, 0.2) is 35.1 Å². The molecule has 0 fully saturated rings. The summed E-state index contributed by atoms with van der Waals surface area (Å²) >= 11 is 0. The van der Waals surface area contributed by atoms with Crippen LogP contribution >= 0.6 is 0 Å². The fourth-order valence-electron chi connectivity index (χ4n) is 3.17. The minimum absolute atomic E-state index is 0.0273. The lowest BCUT2D eigenvalue weighted by molar-refractivity contribution is -0.129. The Bertz CT molecular complexity index is 1020. The highest BCUT2D eigenvalue weighted by molar-refractivity contribution is 5.73. The number of nitrogens with one attached hydrogen (secondary N) is 1. The van der Waals surface area contributed by atoms with Crippen molar-refractivity contribution in [3.8, 4) is 17.0 Å². The molecule has 0 bridgehead atoms. The second-order valence-corrected chi connectivity index (χ2v) is 6.12. The molecule has 0 aliphatic carbocycles. The summed E-state index contributed by atoms with van der Waals surface area (Å²) in [4.78, 5) is 30.7. The van der Waals surface area contributed by atoms with Gasteiger partial charge in [0.2, 0.25) is 5.91 Å². The van der Waals surface area contributed by atoms with Crippen LogP contribution in [0.3, 0.4) is 0 Å². The molecule has 1 aliphatic rings. The number of hydrogen-bond acceptors (Lipinski definition) is 4. The van der Waals surface area contributed by atoms with Gasteiger partial charge in [0.25, 0.3) is 5.56 Å². The first-order valence-corrected chi connectivity index (χ1v) is 8.10. The minimum atomic E-state index is -0.147. The second-order valence-electron chi connectivity index (χ2n) is 6.12. The summed E-state index contributed by atoms with van der Waals surface area (Å²) in [5.74, 6) is 0.746. The van der Waals surface area contributed by atoms with Crippen molar-refractivity contribution in [1.82, 2.24) is 19.5 Å². The number of aromatic nitrogens is 3. The summed E-state index contributed by atoms with van der Waals surface area (Å²) < 4.78 is 6.62. The van der Waals surface area contributed by atoms with Crippen LogP contribution < -0.4 is 10.3 Å². The zero-order valence-electron chi connectivity index (χ0n) is 14.1. The summed E-state index contributed by atoms with van der Waals surface area (Å²) in [6, 6.07) is 9.44. The molecular weight excluding hydrogens is 320 g/mol. The number of rotatable bonds is 2. The van der Waals surface area contributed by atoms with Crippen LogP contribution in [0, 0.1) is 0 Å². The quantitative estimate of drug-likeness (QED) is 0.770. The fourth-order valence-corrected chi connectivity index (χ4v) is 3.17. The zero-order valence-corrected chi connectivity index (χ0v) is 14.1. The Hall–Kier alpha value is -3.09. The molecule has 0 saturated carbocycles. The number of H-pyrrole nitrogens is 1. The van der Waals surface area contributed by atoms with Crippen LogP contribution in [0.2, 0.25) is 0 Å². The number of ether oxygens (including phenoxy) is 1. The van der Waals surface area contributed by atoms with E-state index in [0.717, 1.165) is 22.7 Å². The molecule has 7 nitrogen and oxygen atoms in total. The van der Waals surface area contributed by atoms with E-state index in [9.17, 15) is 9.59 Å². The van der Waals surface area contributed by atoms with Gasteiger partial charge in [0.1, 0.15) is 5.75 Å². The van der Waals surface area contributed by atoms with Gasteiger partial charge in [-0.15, -0.1) is 0 Å². The van der Waals surface area contributed by atoms with Gasteiger partial charge in [-0.1, -0.05) is 0 Å². The molecule has 0 unspecified atom stereocenters. The predicted molar refractivity (Wildman–Crippen MR) is 92.6 cm³/mol. The molecule has 1 aromatic carbocycles. The maximum Gasteiger partial charge on any atom is 0.277 e. The predicted octanol–water partition coefficient (Wildman–Crippen LogP) is 1.60. The van der Waals surface area contributed by atoms with Crippen LogP contribution in [-0.2, 0) is 17.8 Å². The number of methoxy groups -OCH3 is 1. The number of carbonyl (C=O) groups is 1. The summed E-state index contributed by atoms with van der Waals surface area (Å²) in [6.45, 7) is 2.43. The highest BCUT2D eigenvalue weighted by atomic mass is 16.5. The minimum Gasteiger partial charge on any atom is -0.497 e. The first-order chi connectivity index (χ1) is 12.1. The molecule has 3 aromatic rings. The van der Waals surface area contributed by atoms with E-state index in [-0.39, 0.29) is 11.5 Å². The van der Waals surface area contributed by atoms with Gasteiger partial charge in [-0.3, -0.25) is 14.7 Å². The zero-order chi connectivity index (χ0) is 17.6. The van der Waals surface area contributed by atoms with Gasteiger partial charge in [-0.25, -0.2) is 9.50 Å². The van der Waals surface area contributed by atoms with Crippen LogP contribution in [0.1, 0.15) is 18.2 Å². The number of hydrogen-bond donors (Lipinski definition) is 1. The van der Waals surface area contributed by atoms with Crippen LogP contribution in [0.4, 0.5) is 0 Å². The van der Waals surface area contributed by atoms with Crippen molar-refractivity contribution in [3.05, 3.63) is 51.9 Å². The number of fused-ring (bicyclic) bond motifs is 2. The molecule has 3 heterocycles. The number of nitrogens with zero attached hydrogens (tertiary/aromatic N) is 3. The molecule has 4 rings (SSSR count). The summed E-state index contributed by atoms with van der Waals surface area (Å²) in [6.07, 6.45) is 0.601.